The van der Waals surface area contributed by atoms with Crippen LogP contribution in [-0.4, -0.2) is 33.3 Å². The molecule has 4 aromatic carbocycles. The molecule has 3 aliphatic rings. The number of hydrogen-bond donors (Lipinski definition) is 1. The predicted octanol–water partition coefficient (Wildman–Crippen LogP) is 6.88. The maximum Gasteiger partial charge on any atom is 0.270 e. The number of amides is 1. The van der Waals surface area contributed by atoms with Crippen molar-refractivity contribution in [1.82, 2.24) is 4.90 Å². The van der Waals surface area contributed by atoms with Gasteiger partial charge in [-0.1, -0.05) is 77.8 Å². The zero-order valence-electron chi connectivity index (χ0n) is 22.2. The van der Waals surface area contributed by atoms with Gasteiger partial charge in [0.2, 0.25) is 5.91 Å². The molecule has 43 heavy (non-hydrogen) atoms. The highest BCUT2D eigenvalue weighted by atomic mass is 35.5. The molecule has 7 rings (SSSR count). The van der Waals surface area contributed by atoms with Crippen LogP contribution in [0.15, 0.2) is 97.2 Å². The van der Waals surface area contributed by atoms with E-state index in [9.17, 15) is 24.5 Å². The molecule has 1 spiro atoms. The maximum absolute atomic E-state index is 14.8. The van der Waals surface area contributed by atoms with Crippen LogP contribution in [0.4, 0.5) is 11.4 Å². The molecule has 0 bridgehead atoms. The van der Waals surface area contributed by atoms with E-state index >= 15 is 0 Å². The van der Waals surface area contributed by atoms with Crippen LogP contribution >= 0.6 is 23.2 Å². The first kappa shape index (κ1) is 27.1. The first-order valence-electron chi connectivity index (χ1n) is 13.5. The molecule has 0 unspecified atom stereocenters. The summed E-state index contributed by atoms with van der Waals surface area (Å²) in [5.41, 5.74) is 1.04. The number of hydrogen-bond acceptors (Lipinski definition) is 6. The topological polar surface area (TPSA) is 110 Å². The number of benzene rings is 4. The largest absolute Gasteiger partial charge is 0.358 e. The first-order chi connectivity index (χ1) is 20.7. The van der Waals surface area contributed by atoms with Crippen LogP contribution in [0.3, 0.4) is 0 Å². The SMILES string of the molecule is O=C(c1cccc([N+](=O)[O-])c1)[C@@H]1[C@H](C(=O)c2ccc(Cl)cc2Cl)N2C=Cc3ccccc3[C@H]2[C@]12C(=O)Nc1ccccc12. The zero-order valence-corrected chi connectivity index (χ0v) is 23.8. The Morgan fingerprint density at radius 3 is 2.47 bits per heavy atom. The number of fused-ring (bicyclic) bond motifs is 6. The van der Waals surface area contributed by atoms with E-state index in [0.717, 1.165) is 11.1 Å². The van der Waals surface area contributed by atoms with E-state index in [1.165, 1.54) is 36.4 Å². The maximum atomic E-state index is 14.8. The van der Waals surface area contributed by atoms with Crippen molar-refractivity contribution in [3.63, 3.8) is 0 Å². The van der Waals surface area contributed by atoms with Crippen molar-refractivity contribution in [2.45, 2.75) is 17.5 Å². The van der Waals surface area contributed by atoms with E-state index < -0.39 is 45.8 Å². The predicted molar refractivity (Wildman–Crippen MR) is 162 cm³/mol. The Morgan fingerprint density at radius 2 is 1.67 bits per heavy atom. The lowest BCUT2D eigenvalue weighted by Crippen LogP contribution is -2.49. The molecular weight excluding hydrogens is 589 g/mol. The van der Waals surface area contributed by atoms with Crippen LogP contribution < -0.4 is 5.32 Å². The second kappa shape index (κ2) is 9.90. The standard InChI is InChI=1S/C33H21Cl2N3O5/c34-20-12-13-23(25(35)17-20)30(40)28-27(29(39)19-7-5-8-21(16-19)38(42)43)33(24-10-3-4-11-26(24)36-32(33)41)31-22-9-2-1-6-18(22)14-15-37(28)31/h1-17,27-28,31H,(H,36,41)/t27-,28+,31-,33+/m0/s1. The lowest BCUT2D eigenvalue weighted by Gasteiger charge is -2.38. The van der Waals surface area contributed by atoms with Gasteiger partial charge in [0.15, 0.2) is 11.6 Å². The van der Waals surface area contributed by atoms with Gasteiger partial charge in [-0.3, -0.25) is 24.5 Å². The molecule has 0 aliphatic carbocycles. The summed E-state index contributed by atoms with van der Waals surface area (Å²) in [5.74, 6) is -2.78. The highest BCUT2D eigenvalue weighted by Crippen LogP contribution is 2.62. The summed E-state index contributed by atoms with van der Waals surface area (Å²) in [6, 6.07) is 22.6. The summed E-state index contributed by atoms with van der Waals surface area (Å²) in [7, 11) is 0. The summed E-state index contributed by atoms with van der Waals surface area (Å²) < 4.78 is 0. The first-order valence-corrected chi connectivity index (χ1v) is 14.2. The molecule has 3 heterocycles. The fraction of sp³-hybridized carbons (Fsp3) is 0.121. The zero-order chi connectivity index (χ0) is 30.0. The molecule has 1 N–H and O–H groups in total. The van der Waals surface area contributed by atoms with Crippen molar-refractivity contribution in [2.24, 2.45) is 5.92 Å². The summed E-state index contributed by atoms with van der Waals surface area (Å²) >= 11 is 12.7. The molecule has 0 aromatic heterocycles. The number of Topliss-reactive ketones (excluding diaryl/α,β-unsaturated/α-hetero) is 2. The normalized spacial score (nSPS) is 23.0. The van der Waals surface area contributed by atoms with Gasteiger partial charge in [0, 0.05) is 40.2 Å². The summed E-state index contributed by atoms with van der Waals surface area (Å²) in [4.78, 5) is 56.8. The van der Waals surface area contributed by atoms with Crippen LogP contribution in [0.25, 0.3) is 6.08 Å². The number of nitrogens with one attached hydrogen (secondary N) is 1. The van der Waals surface area contributed by atoms with Gasteiger partial charge in [-0.2, -0.15) is 0 Å². The summed E-state index contributed by atoms with van der Waals surface area (Å²) in [6.45, 7) is 0. The highest BCUT2D eigenvalue weighted by molar-refractivity contribution is 6.37. The number of halogens is 2. The Kier molecular flexibility index (Phi) is 6.23. The molecule has 1 fully saturated rings. The minimum Gasteiger partial charge on any atom is -0.358 e. The van der Waals surface area contributed by atoms with E-state index in [2.05, 4.69) is 5.32 Å². The Bertz CT molecular complexity index is 1920. The van der Waals surface area contributed by atoms with Gasteiger partial charge in [-0.05, 0) is 47.0 Å². The smallest absolute Gasteiger partial charge is 0.270 e. The van der Waals surface area contributed by atoms with Gasteiger partial charge in [0.05, 0.1) is 21.9 Å². The fourth-order valence-corrected chi connectivity index (χ4v) is 7.47. The van der Waals surface area contributed by atoms with Crippen molar-refractivity contribution in [2.75, 3.05) is 5.32 Å². The van der Waals surface area contributed by atoms with Crippen molar-refractivity contribution in [3.8, 4) is 0 Å². The minimum absolute atomic E-state index is 0.0212. The van der Waals surface area contributed by atoms with E-state index in [-0.39, 0.29) is 21.8 Å². The highest BCUT2D eigenvalue weighted by Gasteiger charge is 2.70. The van der Waals surface area contributed by atoms with Crippen molar-refractivity contribution >= 4 is 58.1 Å². The van der Waals surface area contributed by atoms with Gasteiger partial charge in [-0.15, -0.1) is 0 Å². The molecule has 3 aliphatic heterocycles. The molecule has 1 saturated heterocycles. The Morgan fingerprint density at radius 1 is 0.907 bits per heavy atom. The van der Waals surface area contributed by atoms with Gasteiger partial charge >= 0.3 is 0 Å². The Hall–Kier alpha value is -4.79. The molecule has 10 heteroatoms. The second-order valence-corrected chi connectivity index (χ2v) is 11.6. The average molecular weight is 610 g/mol. The summed E-state index contributed by atoms with van der Waals surface area (Å²) in [6.07, 6.45) is 3.60. The van der Waals surface area contributed by atoms with Crippen molar-refractivity contribution in [1.29, 1.82) is 0 Å². The van der Waals surface area contributed by atoms with Crippen LogP contribution in [0.2, 0.25) is 10.0 Å². The number of non-ortho nitro benzene ring substituents is 1. The number of para-hydroxylation sites is 1. The van der Waals surface area contributed by atoms with Crippen molar-refractivity contribution in [3.05, 3.63) is 145 Å². The number of nitro groups is 1. The van der Waals surface area contributed by atoms with Crippen LogP contribution in [-0.2, 0) is 10.2 Å². The molecule has 4 aromatic rings. The fourth-order valence-electron chi connectivity index (χ4n) is 6.97. The molecular formula is C33H21Cl2N3O5. The van der Waals surface area contributed by atoms with Gasteiger partial charge < -0.3 is 10.2 Å². The number of nitro benzene ring substituents is 1. The summed E-state index contributed by atoms with van der Waals surface area (Å²) in [5, 5.41) is 15.1. The third kappa shape index (κ3) is 3.87. The Balaban J connectivity index is 1.54. The van der Waals surface area contributed by atoms with E-state index in [4.69, 9.17) is 23.2 Å². The molecule has 0 radical (unpaired) electrons. The lowest BCUT2D eigenvalue weighted by molar-refractivity contribution is -0.384. The molecule has 1 amide bonds. The lowest BCUT2D eigenvalue weighted by atomic mass is 9.62. The van der Waals surface area contributed by atoms with Crippen molar-refractivity contribution < 1.29 is 19.3 Å². The van der Waals surface area contributed by atoms with Crippen LogP contribution in [0.5, 0.6) is 0 Å². The number of carbonyl (C=O) groups excluding carboxylic acids is 3. The molecule has 4 atom stereocenters. The quantitative estimate of drug-likeness (QED) is 0.150. The monoisotopic (exact) mass is 609 g/mol. The van der Waals surface area contributed by atoms with Gasteiger partial charge in [-0.25, -0.2) is 0 Å². The molecule has 0 saturated carbocycles. The number of carbonyl (C=O) groups is 3. The Labute approximate surface area is 255 Å². The van der Waals surface area contributed by atoms with Crippen LogP contribution in [0.1, 0.15) is 43.4 Å². The van der Waals surface area contributed by atoms with Crippen LogP contribution in [0, 0.1) is 16.0 Å². The van der Waals surface area contributed by atoms with E-state index in [0.29, 0.717) is 16.3 Å². The van der Waals surface area contributed by atoms with E-state index in [1.807, 2.05) is 30.3 Å². The molecule has 8 nitrogen and oxygen atoms in total. The average Bonchev–Trinajstić information content (AvgIpc) is 3.48. The number of rotatable bonds is 5. The van der Waals surface area contributed by atoms with E-state index in [1.54, 1.807) is 41.4 Å². The minimum atomic E-state index is -1.57. The van der Waals surface area contributed by atoms with Gasteiger partial charge in [0.25, 0.3) is 5.69 Å². The second-order valence-electron chi connectivity index (χ2n) is 10.7. The number of ketones is 2. The molecule has 212 valence electrons. The number of nitrogens with zero attached hydrogens (tertiary/aromatic N) is 2. The van der Waals surface area contributed by atoms with Gasteiger partial charge in [0.1, 0.15) is 11.5 Å². The number of anilines is 1. The third-order valence-corrected chi connectivity index (χ3v) is 9.21. The third-order valence-electron chi connectivity index (χ3n) is 8.66.